The Labute approximate surface area is 101 Å². The third-order valence-electron chi connectivity index (χ3n) is 2.37. The van der Waals surface area contributed by atoms with Gasteiger partial charge in [-0.05, 0) is 36.2 Å². The molecule has 0 N–H and O–H groups in total. The van der Waals surface area contributed by atoms with E-state index >= 15 is 0 Å². The van der Waals surface area contributed by atoms with Crippen molar-refractivity contribution in [1.29, 1.82) is 0 Å². The summed E-state index contributed by atoms with van der Waals surface area (Å²) in [5, 5.41) is 4.45. The molecule has 1 rings (SSSR count). The van der Waals surface area contributed by atoms with E-state index in [0.29, 0.717) is 0 Å². The zero-order valence-electron chi connectivity index (χ0n) is 8.14. The molecule has 2 nitrogen and oxygen atoms in total. The largest absolute Gasteiger partial charge is 0.266 e. The summed E-state index contributed by atoms with van der Waals surface area (Å²) in [6, 6.07) is 0. The third-order valence-corrected chi connectivity index (χ3v) is 3.86. The highest BCUT2D eigenvalue weighted by Gasteiger charge is 2.19. The van der Waals surface area contributed by atoms with Crippen LogP contribution >= 0.6 is 38.5 Å². The lowest BCUT2D eigenvalue weighted by atomic mass is 10.0. The molecular formula is C9H14BrIN2. The van der Waals surface area contributed by atoms with Crippen molar-refractivity contribution in [3.63, 3.8) is 0 Å². The molecule has 4 heteroatoms. The Bertz CT molecular complexity index is 294. The van der Waals surface area contributed by atoms with Crippen LogP contribution in [0.15, 0.2) is 10.8 Å². The normalized spacial score (nSPS) is 12.1. The van der Waals surface area contributed by atoms with Crippen molar-refractivity contribution < 1.29 is 0 Å². The van der Waals surface area contributed by atoms with E-state index in [1.165, 1.54) is 5.56 Å². The number of hydrogen-bond acceptors (Lipinski definition) is 1. The zero-order chi connectivity index (χ0) is 10.1. The summed E-state index contributed by atoms with van der Waals surface area (Å²) in [4.78, 5) is 0. The zero-order valence-corrected chi connectivity index (χ0v) is 11.9. The van der Waals surface area contributed by atoms with Gasteiger partial charge < -0.3 is 0 Å². The van der Waals surface area contributed by atoms with Crippen LogP contribution in [-0.2, 0) is 9.97 Å². The monoisotopic (exact) mass is 356 g/mol. The van der Waals surface area contributed by atoms with Gasteiger partial charge in [-0.15, -0.1) is 0 Å². The number of halogens is 2. The van der Waals surface area contributed by atoms with Gasteiger partial charge in [0.15, 0.2) is 0 Å². The highest BCUT2D eigenvalue weighted by Crippen LogP contribution is 2.24. The first-order chi connectivity index (χ1) is 6.01. The number of nitrogens with zero attached hydrogens (tertiary/aromatic N) is 2. The Hall–Kier alpha value is 0.420. The van der Waals surface area contributed by atoms with Crippen LogP contribution in [-0.4, -0.2) is 9.78 Å². The van der Waals surface area contributed by atoms with E-state index in [0.717, 1.165) is 15.5 Å². The average Bonchev–Trinajstić information content (AvgIpc) is 2.47. The minimum absolute atomic E-state index is 0.118. The van der Waals surface area contributed by atoms with Crippen molar-refractivity contribution in [3.8, 4) is 0 Å². The maximum absolute atomic E-state index is 4.45. The minimum Gasteiger partial charge on any atom is -0.266 e. The fourth-order valence-electron chi connectivity index (χ4n) is 0.950. The van der Waals surface area contributed by atoms with Crippen LogP contribution in [0.4, 0.5) is 0 Å². The van der Waals surface area contributed by atoms with E-state index in [2.05, 4.69) is 70.6 Å². The molecule has 0 saturated heterocycles. The molecule has 0 unspecified atom stereocenters. The predicted octanol–water partition coefficient (Wildman–Crippen LogP) is 3.73. The maximum Gasteiger partial charge on any atom is 0.132 e. The van der Waals surface area contributed by atoms with E-state index in [9.17, 15) is 0 Å². The third kappa shape index (κ3) is 2.46. The van der Waals surface area contributed by atoms with Crippen LogP contribution in [0.1, 0.15) is 32.8 Å². The molecule has 1 aromatic rings. The molecule has 0 amide bonds. The first kappa shape index (κ1) is 11.5. The molecule has 0 fully saturated rings. The van der Waals surface area contributed by atoms with Gasteiger partial charge in [-0.2, -0.15) is 5.10 Å². The van der Waals surface area contributed by atoms with Gasteiger partial charge in [-0.1, -0.05) is 29.5 Å². The summed E-state index contributed by atoms with van der Waals surface area (Å²) in [6.07, 6.45) is 3.21. The van der Waals surface area contributed by atoms with Crippen LogP contribution in [0.5, 0.6) is 0 Å². The molecule has 0 aromatic carbocycles. The fourth-order valence-corrected chi connectivity index (χ4v) is 2.45. The van der Waals surface area contributed by atoms with Gasteiger partial charge in [0.1, 0.15) is 4.60 Å². The summed E-state index contributed by atoms with van der Waals surface area (Å²) < 4.78 is 4.02. The van der Waals surface area contributed by atoms with E-state index in [4.69, 9.17) is 0 Å². The van der Waals surface area contributed by atoms with Crippen molar-refractivity contribution >= 4 is 38.5 Å². The van der Waals surface area contributed by atoms with Crippen molar-refractivity contribution in [3.05, 3.63) is 16.4 Å². The van der Waals surface area contributed by atoms with E-state index in [1.54, 1.807) is 0 Å². The quantitative estimate of drug-likeness (QED) is 0.596. The van der Waals surface area contributed by atoms with Gasteiger partial charge in [0.25, 0.3) is 0 Å². The van der Waals surface area contributed by atoms with Gasteiger partial charge in [0.05, 0.1) is 5.54 Å². The summed E-state index contributed by atoms with van der Waals surface area (Å²) in [5.74, 6) is 0. The molecule has 1 heterocycles. The van der Waals surface area contributed by atoms with Crippen LogP contribution in [0, 0.1) is 0 Å². The van der Waals surface area contributed by atoms with Crippen LogP contribution in [0.3, 0.4) is 0 Å². The topological polar surface area (TPSA) is 17.8 Å². The van der Waals surface area contributed by atoms with Crippen LogP contribution < -0.4 is 0 Å². The standard InChI is InChI=1S/C9H14BrIN2/c1-4-9(2,3)13-6-7(5-11)8(10)12-13/h6H,4-5H2,1-3H3. The minimum atomic E-state index is 0.118. The molecule has 74 valence electrons. The van der Waals surface area contributed by atoms with Gasteiger partial charge in [-0.3, -0.25) is 4.68 Å². The first-order valence-corrected chi connectivity index (χ1v) is 6.63. The van der Waals surface area contributed by atoms with Gasteiger partial charge in [0, 0.05) is 16.2 Å². The maximum atomic E-state index is 4.45. The van der Waals surface area contributed by atoms with Crippen LogP contribution in [0.2, 0.25) is 0 Å². The molecule has 0 aliphatic heterocycles. The summed E-state index contributed by atoms with van der Waals surface area (Å²) >= 11 is 5.81. The highest BCUT2D eigenvalue weighted by molar-refractivity contribution is 14.1. The van der Waals surface area contributed by atoms with Gasteiger partial charge in [0.2, 0.25) is 0 Å². The smallest absolute Gasteiger partial charge is 0.132 e. The first-order valence-electron chi connectivity index (χ1n) is 4.31. The number of alkyl halides is 1. The Morgan fingerprint density at radius 2 is 2.23 bits per heavy atom. The predicted molar refractivity (Wildman–Crippen MR) is 67.3 cm³/mol. The molecule has 1 aromatic heterocycles. The van der Waals surface area contributed by atoms with E-state index in [-0.39, 0.29) is 5.54 Å². The van der Waals surface area contributed by atoms with Crippen molar-refractivity contribution in [2.75, 3.05) is 0 Å². The Morgan fingerprint density at radius 1 is 1.62 bits per heavy atom. The number of rotatable bonds is 3. The lowest BCUT2D eigenvalue weighted by Crippen LogP contribution is -2.25. The van der Waals surface area contributed by atoms with Gasteiger partial charge >= 0.3 is 0 Å². The van der Waals surface area contributed by atoms with E-state index < -0.39 is 0 Å². The molecule has 13 heavy (non-hydrogen) atoms. The molecule has 0 bridgehead atoms. The molecule has 0 aliphatic rings. The van der Waals surface area contributed by atoms with Gasteiger partial charge in [-0.25, -0.2) is 0 Å². The van der Waals surface area contributed by atoms with Crippen molar-refractivity contribution in [2.24, 2.45) is 0 Å². The van der Waals surface area contributed by atoms with E-state index in [1.807, 2.05) is 4.68 Å². The summed E-state index contributed by atoms with van der Waals surface area (Å²) in [7, 11) is 0. The Morgan fingerprint density at radius 3 is 2.62 bits per heavy atom. The number of hydrogen-bond donors (Lipinski definition) is 0. The molecule has 0 radical (unpaired) electrons. The highest BCUT2D eigenvalue weighted by atomic mass is 127. The second-order valence-corrected chi connectivity index (χ2v) is 5.20. The second kappa shape index (κ2) is 4.29. The fraction of sp³-hybridized carbons (Fsp3) is 0.667. The lowest BCUT2D eigenvalue weighted by Gasteiger charge is -2.23. The molecule has 0 atom stereocenters. The lowest BCUT2D eigenvalue weighted by molar-refractivity contribution is 0.307. The second-order valence-electron chi connectivity index (χ2n) is 3.69. The molecule has 0 aliphatic carbocycles. The summed E-state index contributed by atoms with van der Waals surface area (Å²) in [6.45, 7) is 6.58. The number of aromatic nitrogens is 2. The average molecular weight is 357 g/mol. The molecule has 0 saturated carbocycles. The van der Waals surface area contributed by atoms with Crippen LogP contribution in [0.25, 0.3) is 0 Å². The molecular weight excluding hydrogens is 343 g/mol. The Kier molecular flexibility index (Phi) is 3.80. The molecule has 0 spiro atoms. The Balaban J connectivity index is 3.03. The SMILES string of the molecule is CCC(C)(C)n1cc(CI)c(Br)n1. The summed E-state index contributed by atoms with van der Waals surface area (Å²) in [5.41, 5.74) is 1.38. The van der Waals surface area contributed by atoms with Crippen molar-refractivity contribution in [1.82, 2.24) is 9.78 Å². The van der Waals surface area contributed by atoms with Crippen molar-refractivity contribution in [2.45, 2.75) is 37.2 Å².